The molecule has 5 heteroatoms. The molecule has 3 N–H and O–H groups in total. The number of carbonyl (C=O) groups is 2. The summed E-state index contributed by atoms with van der Waals surface area (Å²) in [6.07, 6.45) is 1.29. The smallest absolute Gasteiger partial charge is 0.328 e. The van der Waals surface area contributed by atoms with E-state index >= 15 is 0 Å². The van der Waals surface area contributed by atoms with Crippen molar-refractivity contribution >= 4 is 11.9 Å². The lowest BCUT2D eigenvalue weighted by atomic mass is 9.95. The zero-order valence-corrected chi connectivity index (χ0v) is 12.7. The molecule has 0 heterocycles. The number of methoxy groups -OCH3 is 1. The van der Waals surface area contributed by atoms with Crippen molar-refractivity contribution in [3.05, 3.63) is 0 Å². The SMILES string of the molecule is COC(=O)[C@H](CC(C)C)NC(=O)C(CN)CC(C)C. The van der Waals surface area contributed by atoms with E-state index in [0.29, 0.717) is 24.8 Å². The molecular weight excluding hydrogens is 244 g/mol. The second-order valence-corrected chi connectivity index (χ2v) is 5.78. The van der Waals surface area contributed by atoms with Crippen molar-refractivity contribution in [1.82, 2.24) is 5.32 Å². The Morgan fingerprint density at radius 3 is 2.00 bits per heavy atom. The highest BCUT2D eigenvalue weighted by molar-refractivity contribution is 5.85. The van der Waals surface area contributed by atoms with Crippen molar-refractivity contribution in [1.29, 1.82) is 0 Å². The molecule has 0 aliphatic rings. The zero-order chi connectivity index (χ0) is 15.0. The summed E-state index contributed by atoms with van der Waals surface area (Å²) in [6.45, 7) is 8.37. The van der Waals surface area contributed by atoms with Gasteiger partial charge in [0.25, 0.3) is 0 Å². The monoisotopic (exact) mass is 272 g/mol. The van der Waals surface area contributed by atoms with Crippen LogP contribution in [0.4, 0.5) is 0 Å². The molecule has 0 saturated carbocycles. The summed E-state index contributed by atoms with van der Waals surface area (Å²) in [4.78, 5) is 23.8. The molecule has 112 valence electrons. The molecule has 0 bridgehead atoms. The van der Waals surface area contributed by atoms with Crippen LogP contribution >= 0.6 is 0 Å². The van der Waals surface area contributed by atoms with Gasteiger partial charge in [0, 0.05) is 6.54 Å². The lowest BCUT2D eigenvalue weighted by molar-refractivity contribution is -0.146. The van der Waals surface area contributed by atoms with Crippen molar-refractivity contribution in [2.45, 2.75) is 46.6 Å². The third-order valence-electron chi connectivity index (χ3n) is 2.92. The largest absolute Gasteiger partial charge is 0.467 e. The summed E-state index contributed by atoms with van der Waals surface area (Å²) >= 11 is 0. The summed E-state index contributed by atoms with van der Waals surface area (Å²) in [6, 6.07) is -0.585. The van der Waals surface area contributed by atoms with E-state index in [0.717, 1.165) is 6.42 Å². The summed E-state index contributed by atoms with van der Waals surface area (Å²) < 4.78 is 4.72. The Bertz CT molecular complexity index is 290. The van der Waals surface area contributed by atoms with Crippen LogP contribution in [0.2, 0.25) is 0 Å². The maximum atomic E-state index is 12.1. The third-order valence-corrected chi connectivity index (χ3v) is 2.92. The lowest BCUT2D eigenvalue weighted by Crippen LogP contribution is -2.46. The van der Waals surface area contributed by atoms with Gasteiger partial charge in [0.05, 0.1) is 13.0 Å². The van der Waals surface area contributed by atoms with Crippen LogP contribution in [0.25, 0.3) is 0 Å². The van der Waals surface area contributed by atoms with Crippen LogP contribution < -0.4 is 11.1 Å². The van der Waals surface area contributed by atoms with Crippen molar-refractivity contribution in [2.75, 3.05) is 13.7 Å². The van der Waals surface area contributed by atoms with Gasteiger partial charge in [-0.15, -0.1) is 0 Å². The Morgan fingerprint density at radius 1 is 1.11 bits per heavy atom. The molecule has 0 spiro atoms. The highest BCUT2D eigenvalue weighted by Crippen LogP contribution is 2.12. The number of hydrogen-bond donors (Lipinski definition) is 2. The van der Waals surface area contributed by atoms with Crippen LogP contribution in [-0.4, -0.2) is 31.6 Å². The first-order chi connectivity index (χ1) is 8.81. The van der Waals surface area contributed by atoms with Gasteiger partial charge in [-0.3, -0.25) is 4.79 Å². The Labute approximate surface area is 116 Å². The van der Waals surface area contributed by atoms with Gasteiger partial charge in [-0.25, -0.2) is 4.79 Å². The van der Waals surface area contributed by atoms with E-state index in [1.807, 2.05) is 27.7 Å². The fourth-order valence-electron chi connectivity index (χ4n) is 2.00. The predicted octanol–water partition coefficient (Wildman–Crippen LogP) is 1.31. The molecule has 0 aromatic rings. The van der Waals surface area contributed by atoms with E-state index in [1.165, 1.54) is 7.11 Å². The number of nitrogens with one attached hydrogen (secondary N) is 1. The molecule has 0 rings (SSSR count). The number of carbonyl (C=O) groups excluding carboxylic acids is 2. The molecule has 1 amide bonds. The van der Waals surface area contributed by atoms with Crippen molar-refractivity contribution < 1.29 is 14.3 Å². The molecule has 2 atom stereocenters. The van der Waals surface area contributed by atoms with E-state index in [2.05, 4.69) is 5.32 Å². The van der Waals surface area contributed by atoms with Crippen molar-refractivity contribution in [3.63, 3.8) is 0 Å². The Morgan fingerprint density at radius 2 is 1.63 bits per heavy atom. The number of nitrogens with two attached hydrogens (primary N) is 1. The fraction of sp³-hybridized carbons (Fsp3) is 0.857. The van der Waals surface area contributed by atoms with Crippen LogP contribution in [0.1, 0.15) is 40.5 Å². The number of esters is 1. The van der Waals surface area contributed by atoms with E-state index in [1.54, 1.807) is 0 Å². The molecule has 1 unspecified atom stereocenters. The highest BCUT2D eigenvalue weighted by Gasteiger charge is 2.26. The normalized spacial score (nSPS) is 14.3. The number of ether oxygens (including phenoxy) is 1. The first kappa shape index (κ1) is 17.9. The molecule has 19 heavy (non-hydrogen) atoms. The fourth-order valence-corrected chi connectivity index (χ4v) is 2.00. The van der Waals surface area contributed by atoms with Crippen molar-refractivity contribution in [3.8, 4) is 0 Å². The van der Waals surface area contributed by atoms with Gasteiger partial charge in [-0.05, 0) is 24.7 Å². The maximum Gasteiger partial charge on any atom is 0.328 e. The second kappa shape index (κ2) is 8.91. The Balaban J connectivity index is 4.63. The van der Waals surface area contributed by atoms with Gasteiger partial charge in [0.1, 0.15) is 6.04 Å². The molecule has 0 aromatic heterocycles. The second-order valence-electron chi connectivity index (χ2n) is 5.78. The summed E-state index contributed by atoms with van der Waals surface area (Å²) in [7, 11) is 1.33. The van der Waals surface area contributed by atoms with Gasteiger partial charge in [-0.1, -0.05) is 27.7 Å². The summed E-state index contributed by atoms with van der Waals surface area (Å²) in [5.41, 5.74) is 5.63. The molecule has 0 fully saturated rings. The summed E-state index contributed by atoms with van der Waals surface area (Å²) in [5, 5.41) is 2.76. The highest BCUT2D eigenvalue weighted by atomic mass is 16.5. The molecular formula is C14H28N2O3. The lowest BCUT2D eigenvalue weighted by Gasteiger charge is -2.22. The summed E-state index contributed by atoms with van der Waals surface area (Å²) in [5.74, 6) is -0.124. The molecule has 0 aliphatic carbocycles. The molecule has 0 aliphatic heterocycles. The maximum absolute atomic E-state index is 12.1. The number of rotatable bonds is 8. The average Bonchev–Trinajstić information content (AvgIpc) is 2.33. The van der Waals surface area contributed by atoms with Crippen LogP contribution in [0.5, 0.6) is 0 Å². The van der Waals surface area contributed by atoms with E-state index in [9.17, 15) is 9.59 Å². The van der Waals surface area contributed by atoms with Gasteiger partial charge < -0.3 is 15.8 Å². The quantitative estimate of drug-likeness (QED) is 0.653. The molecule has 5 nitrogen and oxygen atoms in total. The molecule has 0 saturated heterocycles. The minimum atomic E-state index is -0.585. The van der Waals surface area contributed by atoms with Crippen molar-refractivity contribution in [2.24, 2.45) is 23.5 Å². The Kier molecular flexibility index (Phi) is 8.39. The number of amides is 1. The topological polar surface area (TPSA) is 81.4 Å². The molecule has 0 aromatic carbocycles. The van der Waals surface area contributed by atoms with E-state index in [-0.39, 0.29) is 11.8 Å². The minimum Gasteiger partial charge on any atom is -0.467 e. The van der Waals surface area contributed by atoms with Gasteiger partial charge in [-0.2, -0.15) is 0 Å². The van der Waals surface area contributed by atoms with E-state index < -0.39 is 12.0 Å². The number of hydrogen-bond acceptors (Lipinski definition) is 4. The van der Waals surface area contributed by atoms with Crippen LogP contribution in [-0.2, 0) is 14.3 Å². The first-order valence-electron chi connectivity index (χ1n) is 6.90. The van der Waals surface area contributed by atoms with Gasteiger partial charge >= 0.3 is 5.97 Å². The van der Waals surface area contributed by atoms with Crippen LogP contribution in [0.3, 0.4) is 0 Å². The van der Waals surface area contributed by atoms with Gasteiger partial charge in [0.2, 0.25) is 5.91 Å². The Hall–Kier alpha value is -1.10. The van der Waals surface area contributed by atoms with Crippen LogP contribution in [0.15, 0.2) is 0 Å². The first-order valence-corrected chi connectivity index (χ1v) is 6.90. The zero-order valence-electron chi connectivity index (χ0n) is 12.7. The van der Waals surface area contributed by atoms with Crippen LogP contribution in [0, 0.1) is 17.8 Å². The average molecular weight is 272 g/mol. The standard InChI is InChI=1S/C14H28N2O3/c1-9(2)6-11(8-15)13(17)16-12(7-10(3)4)14(18)19-5/h9-12H,6-8,15H2,1-5H3,(H,16,17)/t11?,12-/m0/s1. The predicted molar refractivity (Wildman–Crippen MR) is 75.4 cm³/mol. The molecule has 0 radical (unpaired) electrons. The third kappa shape index (κ3) is 7.15. The minimum absolute atomic E-state index is 0.160. The van der Waals surface area contributed by atoms with E-state index in [4.69, 9.17) is 10.5 Å². The van der Waals surface area contributed by atoms with Gasteiger partial charge in [0.15, 0.2) is 0 Å².